The summed E-state index contributed by atoms with van der Waals surface area (Å²) in [5, 5.41) is 5.39. The van der Waals surface area contributed by atoms with Gasteiger partial charge in [-0.05, 0) is 35.9 Å². The zero-order valence-corrected chi connectivity index (χ0v) is 18.4. The highest BCUT2D eigenvalue weighted by Crippen LogP contribution is 2.21. The number of rotatable bonds is 6. The lowest BCUT2D eigenvalue weighted by atomic mass is 10.1. The van der Waals surface area contributed by atoms with Crippen LogP contribution < -0.4 is 10.6 Å². The number of piperazine rings is 1. The zero-order chi connectivity index (χ0) is 22.6. The Balaban J connectivity index is 1.46. The minimum absolute atomic E-state index is 0.0334. The van der Waals surface area contributed by atoms with E-state index in [1.807, 2.05) is 18.2 Å². The van der Waals surface area contributed by atoms with Gasteiger partial charge in [-0.25, -0.2) is 8.42 Å². The molecule has 0 bridgehead atoms. The number of sulfonamides is 1. The molecule has 2 aromatic carbocycles. The standard InChI is InChI=1S/C22H26N4O5S/c27-21-16-26(8-7-23-21)32(29,30)20-6-2-5-19(14-20)24-22(28)18-4-1-3-17(13-18)15-25-9-11-31-12-10-25/h1-6,13-14H,7-12,15-16H2,(H,23,27)(H,24,28). The van der Waals surface area contributed by atoms with Crippen molar-refractivity contribution in [1.29, 1.82) is 0 Å². The number of carbonyl (C=O) groups excluding carboxylic acids is 2. The van der Waals surface area contributed by atoms with Crippen LogP contribution in [0.1, 0.15) is 15.9 Å². The van der Waals surface area contributed by atoms with E-state index in [2.05, 4.69) is 15.5 Å². The molecule has 2 aliphatic rings. The maximum Gasteiger partial charge on any atom is 0.255 e. The van der Waals surface area contributed by atoms with Crippen LogP contribution in [0.25, 0.3) is 0 Å². The van der Waals surface area contributed by atoms with Gasteiger partial charge in [0.15, 0.2) is 0 Å². The Hall–Kier alpha value is -2.79. The summed E-state index contributed by atoms with van der Waals surface area (Å²) in [5.41, 5.74) is 1.90. The van der Waals surface area contributed by atoms with E-state index in [0.717, 1.165) is 29.5 Å². The zero-order valence-electron chi connectivity index (χ0n) is 17.6. The molecule has 0 atom stereocenters. The Morgan fingerprint density at radius 2 is 1.84 bits per heavy atom. The summed E-state index contributed by atoms with van der Waals surface area (Å²) < 4.78 is 32.3. The molecule has 0 unspecified atom stereocenters. The number of nitrogens with one attached hydrogen (secondary N) is 2. The summed E-state index contributed by atoms with van der Waals surface area (Å²) in [6, 6.07) is 13.5. The van der Waals surface area contributed by atoms with Gasteiger partial charge in [-0.1, -0.05) is 18.2 Å². The Morgan fingerprint density at radius 3 is 2.62 bits per heavy atom. The van der Waals surface area contributed by atoms with E-state index in [1.165, 1.54) is 12.1 Å². The van der Waals surface area contributed by atoms with Gasteiger partial charge in [0.2, 0.25) is 15.9 Å². The Bertz CT molecular complexity index is 1100. The van der Waals surface area contributed by atoms with Crippen molar-refractivity contribution in [3.63, 3.8) is 0 Å². The molecule has 170 valence electrons. The number of hydrogen-bond donors (Lipinski definition) is 2. The fourth-order valence-electron chi connectivity index (χ4n) is 3.74. The molecular weight excluding hydrogens is 432 g/mol. The van der Waals surface area contributed by atoms with Gasteiger partial charge >= 0.3 is 0 Å². The van der Waals surface area contributed by atoms with Crippen molar-refractivity contribution < 1.29 is 22.7 Å². The minimum atomic E-state index is -3.84. The lowest BCUT2D eigenvalue weighted by Gasteiger charge is -2.26. The van der Waals surface area contributed by atoms with Crippen LogP contribution in [-0.4, -0.2) is 75.4 Å². The first-order valence-corrected chi connectivity index (χ1v) is 11.9. The van der Waals surface area contributed by atoms with Crippen LogP contribution in [0.2, 0.25) is 0 Å². The summed E-state index contributed by atoms with van der Waals surface area (Å²) in [6.07, 6.45) is 0. The maximum absolute atomic E-state index is 12.9. The quantitative estimate of drug-likeness (QED) is 0.666. The molecule has 2 fully saturated rings. The molecule has 0 radical (unpaired) electrons. The van der Waals surface area contributed by atoms with Crippen molar-refractivity contribution in [1.82, 2.24) is 14.5 Å². The predicted molar refractivity (Wildman–Crippen MR) is 119 cm³/mol. The molecule has 32 heavy (non-hydrogen) atoms. The van der Waals surface area contributed by atoms with Crippen molar-refractivity contribution in [2.45, 2.75) is 11.4 Å². The number of anilines is 1. The average molecular weight is 459 g/mol. The summed E-state index contributed by atoms with van der Waals surface area (Å²) >= 11 is 0. The molecule has 10 heteroatoms. The molecule has 4 rings (SSSR count). The highest BCUT2D eigenvalue weighted by molar-refractivity contribution is 7.89. The van der Waals surface area contributed by atoms with E-state index in [9.17, 15) is 18.0 Å². The Kier molecular flexibility index (Phi) is 6.85. The molecule has 2 amide bonds. The number of ether oxygens (including phenoxy) is 1. The van der Waals surface area contributed by atoms with Gasteiger partial charge in [0.05, 0.1) is 24.7 Å². The third kappa shape index (κ3) is 5.33. The second-order valence-electron chi connectivity index (χ2n) is 7.76. The summed E-state index contributed by atoms with van der Waals surface area (Å²) in [7, 11) is -3.84. The fourth-order valence-corrected chi connectivity index (χ4v) is 5.18. The van der Waals surface area contributed by atoms with Crippen LogP contribution in [-0.2, 0) is 26.1 Å². The number of hydrogen-bond acceptors (Lipinski definition) is 6. The molecule has 2 saturated heterocycles. The fraction of sp³-hybridized carbons (Fsp3) is 0.364. The van der Waals surface area contributed by atoms with Crippen LogP contribution in [0.3, 0.4) is 0 Å². The third-order valence-electron chi connectivity index (χ3n) is 5.43. The van der Waals surface area contributed by atoms with Crippen LogP contribution in [0.4, 0.5) is 5.69 Å². The number of benzene rings is 2. The van der Waals surface area contributed by atoms with Crippen LogP contribution in [0.5, 0.6) is 0 Å². The largest absolute Gasteiger partial charge is 0.379 e. The molecule has 2 aromatic rings. The second-order valence-corrected chi connectivity index (χ2v) is 9.70. The van der Waals surface area contributed by atoms with Crippen LogP contribution in [0, 0.1) is 0 Å². The first-order chi connectivity index (χ1) is 15.4. The summed E-state index contributed by atoms with van der Waals surface area (Å²) in [4.78, 5) is 26.7. The molecule has 9 nitrogen and oxygen atoms in total. The second kappa shape index (κ2) is 9.78. The molecule has 2 aliphatic heterocycles. The summed E-state index contributed by atoms with van der Waals surface area (Å²) in [6.45, 7) is 4.14. The highest BCUT2D eigenvalue weighted by atomic mass is 32.2. The minimum Gasteiger partial charge on any atom is -0.379 e. The van der Waals surface area contributed by atoms with E-state index in [1.54, 1.807) is 18.2 Å². The van der Waals surface area contributed by atoms with Crippen molar-refractivity contribution >= 4 is 27.5 Å². The lowest BCUT2D eigenvalue weighted by molar-refractivity contribution is -0.122. The van der Waals surface area contributed by atoms with Gasteiger partial charge in [0, 0.05) is 44.0 Å². The van der Waals surface area contributed by atoms with E-state index < -0.39 is 10.0 Å². The molecule has 2 N–H and O–H groups in total. The number of morpholine rings is 1. The third-order valence-corrected chi connectivity index (χ3v) is 7.27. The van der Waals surface area contributed by atoms with Crippen LogP contribution >= 0.6 is 0 Å². The number of nitrogens with zero attached hydrogens (tertiary/aromatic N) is 2. The van der Waals surface area contributed by atoms with Crippen molar-refractivity contribution in [2.75, 3.05) is 51.3 Å². The van der Waals surface area contributed by atoms with Gasteiger partial charge in [-0.2, -0.15) is 4.31 Å². The van der Waals surface area contributed by atoms with E-state index in [-0.39, 0.29) is 36.3 Å². The molecule has 0 aliphatic carbocycles. The summed E-state index contributed by atoms with van der Waals surface area (Å²) in [5.74, 6) is -0.651. The number of carbonyl (C=O) groups is 2. The first-order valence-electron chi connectivity index (χ1n) is 10.5. The molecule has 2 heterocycles. The van der Waals surface area contributed by atoms with Crippen molar-refractivity contribution in [3.05, 3.63) is 59.7 Å². The smallest absolute Gasteiger partial charge is 0.255 e. The Labute approximate surface area is 187 Å². The normalized spacial score (nSPS) is 18.2. The van der Waals surface area contributed by atoms with Gasteiger partial charge in [-0.15, -0.1) is 0 Å². The first kappa shape index (κ1) is 22.4. The van der Waals surface area contributed by atoms with Crippen molar-refractivity contribution in [2.24, 2.45) is 0 Å². The lowest BCUT2D eigenvalue weighted by Crippen LogP contribution is -2.49. The topological polar surface area (TPSA) is 108 Å². The monoisotopic (exact) mass is 458 g/mol. The average Bonchev–Trinajstić information content (AvgIpc) is 2.80. The SMILES string of the molecule is O=C1CN(S(=O)(=O)c2cccc(NC(=O)c3cccc(CN4CCOCC4)c3)c2)CCN1. The van der Waals surface area contributed by atoms with Crippen LogP contribution in [0.15, 0.2) is 53.4 Å². The van der Waals surface area contributed by atoms with E-state index in [0.29, 0.717) is 24.5 Å². The van der Waals surface area contributed by atoms with Crippen molar-refractivity contribution in [3.8, 4) is 0 Å². The molecule has 0 spiro atoms. The van der Waals surface area contributed by atoms with Gasteiger partial charge < -0.3 is 15.4 Å². The van der Waals surface area contributed by atoms with E-state index in [4.69, 9.17) is 4.74 Å². The molecule has 0 aromatic heterocycles. The molecule has 0 saturated carbocycles. The maximum atomic E-state index is 12.9. The van der Waals surface area contributed by atoms with Gasteiger partial charge in [0.1, 0.15) is 0 Å². The number of amides is 2. The predicted octanol–water partition coefficient (Wildman–Crippen LogP) is 0.892. The Morgan fingerprint density at radius 1 is 1.06 bits per heavy atom. The van der Waals surface area contributed by atoms with Gasteiger partial charge in [-0.3, -0.25) is 14.5 Å². The van der Waals surface area contributed by atoms with E-state index >= 15 is 0 Å². The molecular formula is C22H26N4O5S. The highest BCUT2D eigenvalue weighted by Gasteiger charge is 2.29. The van der Waals surface area contributed by atoms with Gasteiger partial charge in [0.25, 0.3) is 5.91 Å².